The van der Waals surface area contributed by atoms with E-state index >= 15 is 0 Å². The smallest absolute Gasteiger partial charge is 0.412 e. The van der Waals surface area contributed by atoms with Gasteiger partial charge >= 0.3 is 6.09 Å². The molecule has 2 aliphatic heterocycles. The number of nitrogens with one attached hydrogen (secondary N) is 1. The molecule has 1 aromatic carbocycles. The van der Waals surface area contributed by atoms with Crippen molar-refractivity contribution in [2.45, 2.75) is 50.7 Å². The maximum absolute atomic E-state index is 13.8. The SMILES string of the molecule is C=C(C)O[C@@H]1[C@H](OC)[C@H](OC(=O)Nc2ccc(F)cc2F)CO[C@]12COC(C)(C)O2. The van der Waals surface area contributed by atoms with E-state index in [-0.39, 0.29) is 18.9 Å². The summed E-state index contributed by atoms with van der Waals surface area (Å²) in [6, 6.07) is 2.75. The fourth-order valence-corrected chi connectivity index (χ4v) is 3.42. The quantitative estimate of drug-likeness (QED) is 0.719. The third kappa shape index (κ3) is 4.72. The third-order valence-corrected chi connectivity index (χ3v) is 4.66. The van der Waals surface area contributed by atoms with Crippen LogP contribution in [0.3, 0.4) is 0 Å². The summed E-state index contributed by atoms with van der Waals surface area (Å²) >= 11 is 0. The van der Waals surface area contributed by atoms with Crippen LogP contribution in [0.1, 0.15) is 20.8 Å². The van der Waals surface area contributed by atoms with Gasteiger partial charge in [0, 0.05) is 13.2 Å². The Hall–Kier alpha value is -2.27. The second-order valence-electron chi connectivity index (χ2n) is 7.55. The Labute approximate surface area is 173 Å². The highest BCUT2D eigenvalue weighted by atomic mass is 19.1. The molecule has 1 amide bonds. The van der Waals surface area contributed by atoms with Crippen molar-refractivity contribution in [1.82, 2.24) is 0 Å². The van der Waals surface area contributed by atoms with Crippen molar-refractivity contribution in [3.8, 4) is 0 Å². The van der Waals surface area contributed by atoms with Crippen LogP contribution < -0.4 is 5.32 Å². The Kier molecular flexibility index (Phi) is 6.32. The van der Waals surface area contributed by atoms with Crippen LogP contribution in [0, 0.1) is 11.6 Å². The van der Waals surface area contributed by atoms with Crippen LogP contribution in [0.2, 0.25) is 0 Å². The normalized spacial score (nSPS) is 30.1. The van der Waals surface area contributed by atoms with E-state index in [2.05, 4.69) is 11.9 Å². The van der Waals surface area contributed by atoms with Crippen LogP contribution in [0.5, 0.6) is 0 Å². The Morgan fingerprint density at radius 2 is 2.00 bits per heavy atom. The number of carbonyl (C=O) groups is 1. The largest absolute Gasteiger partial charge is 0.487 e. The van der Waals surface area contributed by atoms with Crippen molar-refractivity contribution >= 4 is 11.8 Å². The molecule has 4 atom stereocenters. The second-order valence-corrected chi connectivity index (χ2v) is 7.55. The maximum atomic E-state index is 13.8. The summed E-state index contributed by atoms with van der Waals surface area (Å²) in [4.78, 5) is 12.3. The number of rotatable bonds is 5. The summed E-state index contributed by atoms with van der Waals surface area (Å²) in [6.07, 6.45) is -3.56. The van der Waals surface area contributed by atoms with Gasteiger partial charge in [-0.05, 0) is 32.9 Å². The number of amides is 1. The predicted octanol–water partition coefficient (Wildman–Crippen LogP) is 3.33. The van der Waals surface area contributed by atoms with E-state index in [0.717, 1.165) is 12.1 Å². The van der Waals surface area contributed by atoms with E-state index < -0.39 is 47.6 Å². The monoisotopic (exact) mass is 429 g/mol. The minimum absolute atomic E-state index is 0.0670. The lowest BCUT2D eigenvalue weighted by Gasteiger charge is -2.46. The van der Waals surface area contributed by atoms with Gasteiger partial charge in [0.25, 0.3) is 0 Å². The molecule has 1 N–H and O–H groups in total. The van der Waals surface area contributed by atoms with Crippen LogP contribution in [-0.2, 0) is 28.4 Å². The molecule has 1 spiro atoms. The topological polar surface area (TPSA) is 84.5 Å². The lowest BCUT2D eigenvalue weighted by Crippen LogP contribution is -2.64. The van der Waals surface area contributed by atoms with Crippen LogP contribution in [0.4, 0.5) is 19.3 Å². The molecule has 1 aromatic rings. The van der Waals surface area contributed by atoms with Gasteiger partial charge in [0.15, 0.2) is 18.0 Å². The average Bonchev–Trinajstić information content (AvgIpc) is 2.96. The molecule has 0 saturated carbocycles. The number of methoxy groups -OCH3 is 1. The number of anilines is 1. The summed E-state index contributed by atoms with van der Waals surface area (Å²) in [5.41, 5.74) is -0.229. The van der Waals surface area contributed by atoms with Crippen LogP contribution >= 0.6 is 0 Å². The van der Waals surface area contributed by atoms with E-state index in [1.165, 1.54) is 7.11 Å². The second kappa shape index (κ2) is 8.46. The number of hydrogen-bond donors (Lipinski definition) is 1. The Morgan fingerprint density at radius 1 is 1.27 bits per heavy atom. The third-order valence-electron chi connectivity index (χ3n) is 4.66. The van der Waals surface area contributed by atoms with Gasteiger partial charge in [-0.2, -0.15) is 0 Å². The zero-order valence-electron chi connectivity index (χ0n) is 17.2. The van der Waals surface area contributed by atoms with Crippen LogP contribution in [-0.4, -0.2) is 56.3 Å². The van der Waals surface area contributed by atoms with Gasteiger partial charge in [0.05, 0.1) is 18.1 Å². The van der Waals surface area contributed by atoms with Crippen molar-refractivity contribution in [2.24, 2.45) is 0 Å². The molecule has 2 heterocycles. The van der Waals surface area contributed by atoms with E-state index in [1.807, 2.05) is 0 Å². The fourth-order valence-electron chi connectivity index (χ4n) is 3.42. The Bertz CT molecular complexity index is 818. The van der Waals surface area contributed by atoms with Gasteiger partial charge in [-0.1, -0.05) is 6.58 Å². The lowest BCUT2D eigenvalue weighted by atomic mass is 9.96. The molecule has 0 radical (unpaired) electrons. The van der Waals surface area contributed by atoms with E-state index in [9.17, 15) is 13.6 Å². The number of benzene rings is 1. The van der Waals surface area contributed by atoms with Crippen molar-refractivity contribution in [3.63, 3.8) is 0 Å². The van der Waals surface area contributed by atoms with Gasteiger partial charge in [0.2, 0.25) is 5.79 Å². The number of carbonyl (C=O) groups excluding carboxylic acids is 1. The van der Waals surface area contributed by atoms with Crippen molar-refractivity contribution < 1.29 is 42.0 Å². The summed E-state index contributed by atoms with van der Waals surface area (Å²) in [5.74, 6) is -3.53. The first kappa shape index (κ1) is 22.4. The summed E-state index contributed by atoms with van der Waals surface area (Å²) in [7, 11) is 1.42. The van der Waals surface area contributed by atoms with Crippen molar-refractivity contribution in [1.29, 1.82) is 0 Å². The zero-order valence-corrected chi connectivity index (χ0v) is 17.2. The van der Waals surface area contributed by atoms with Crippen molar-refractivity contribution in [2.75, 3.05) is 25.6 Å². The van der Waals surface area contributed by atoms with Gasteiger partial charge in [-0.3, -0.25) is 5.32 Å². The average molecular weight is 429 g/mol. The van der Waals surface area contributed by atoms with Gasteiger partial charge < -0.3 is 28.4 Å². The molecule has 166 valence electrons. The molecular weight excluding hydrogens is 404 g/mol. The fraction of sp³-hybridized carbons (Fsp3) is 0.550. The maximum Gasteiger partial charge on any atom is 0.412 e. The highest BCUT2D eigenvalue weighted by Gasteiger charge is 2.61. The number of halogens is 2. The predicted molar refractivity (Wildman–Crippen MR) is 101 cm³/mol. The van der Waals surface area contributed by atoms with E-state index in [4.69, 9.17) is 28.4 Å². The van der Waals surface area contributed by atoms with Gasteiger partial charge in [-0.15, -0.1) is 0 Å². The molecular formula is C20H25F2NO7. The zero-order chi connectivity index (χ0) is 22.1. The first-order valence-electron chi connectivity index (χ1n) is 9.31. The van der Waals surface area contributed by atoms with E-state index in [0.29, 0.717) is 11.8 Å². The minimum Gasteiger partial charge on any atom is -0.487 e. The molecule has 2 saturated heterocycles. The van der Waals surface area contributed by atoms with Crippen LogP contribution in [0.25, 0.3) is 0 Å². The molecule has 2 aliphatic rings. The number of hydrogen-bond acceptors (Lipinski definition) is 7. The molecule has 30 heavy (non-hydrogen) atoms. The van der Waals surface area contributed by atoms with Gasteiger partial charge in [0.1, 0.15) is 24.3 Å². The van der Waals surface area contributed by atoms with Gasteiger partial charge in [-0.25, -0.2) is 13.6 Å². The number of ether oxygens (including phenoxy) is 6. The number of allylic oxidation sites excluding steroid dienone is 1. The first-order valence-corrected chi connectivity index (χ1v) is 9.31. The van der Waals surface area contributed by atoms with Crippen molar-refractivity contribution in [3.05, 3.63) is 42.2 Å². The lowest BCUT2D eigenvalue weighted by molar-refractivity contribution is -0.341. The molecule has 2 fully saturated rings. The minimum atomic E-state index is -1.29. The molecule has 0 bridgehead atoms. The molecule has 3 rings (SSSR count). The van der Waals surface area contributed by atoms with E-state index in [1.54, 1.807) is 20.8 Å². The van der Waals surface area contributed by atoms with Crippen LogP contribution in [0.15, 0.2) is 30.5 Å². The Balaban J connectivity index is 1.75. The standard InChI is InChI=1S/C20H25F2NO7/c1-11(2)28-17-16(25-5)15(9-26-20(17)10-27-19(3,4)30-20)29-18(24)23-14-7-6-12(21)8-13(14)22/h6-8,15-17H,1,9-10H2,2-5H3,(H,23,24)/t15-,16-,17-,20+/m1/s1. The first-order chi connectivity index (χ1) is 14.0. The highest BCUT2D eigenvalue weighted by Crippen LogP contribution is 2.41. The summed E-state index contributed by atoms with van der Waals surface area (Å²) < 4.78 is 61.1. The molecule has 0 aliphatic carbocycles. The highest BCUT2D eigenvalue weighted by molar-refractivity contribution is 5.84. The Morgan fingerprint density at radius 3 is 2.57 bits per heavy atom. The summed E-state index contributed by atoms with van der Waals surface area (Å²) in [5, 5.41) is 2.23. The molecule has 0 aromatic heterocycles. The molecule has 0 unspecified atom stereocenters. The summed E-state index contributed by atoms with van der Waals surface area (Å²) in [6.45, 7) is 8.84. The molecule has 8 nitrogen and oxygen atoms in total. The molecule has 10 heteroatoms.